The van der Waals surface area contributed by atoms with Crippen molar-refractivity contribution in [2.75, 3.05) is 37.4 Å². The lowest BCUT2D eigenvalue weighted by Crippen LogP contribution is -2.47. The highest BCUT2D eigenvalue weighted by atomic mass is 16.5. The number of likely N-dealkylation sites (N-methyl/N-ethyl adjacent to an activating group) is 1. The number of anilines is 2. The van der Waals surface area contributed by atoms with Crippen LogP contribution >= 0.6 is 0 Å². The monoisotopic (exact) mass is 490 g/mol. The zero-order valence-electron chi connectivity index (χ0n) is 21.0. The fraction of sp³-hybridized carbons (Fsp3) is 0.357. The van der Waals surface area contributed by atoms with Crippen LogP contribution in [0.15, 0.2) is 60.7 Å². The average molecular weight is 491 g/mol. The number of carbonyl (C=O) groups is 2. The van der Waals surface area contributed by atoms with E-state index < -0.39 is 0 Å². The molecule has 0 aliphatic carbocycles. The summed E-state index contributed by atoms with van der Waals surface area (Å²) in [5.74, 6) is 0.579. The van der Waals surface area contributed by atoms with Crippen LogP contribution in [-0.2, 0) is 11.2 Å². The van der Waals surface area contributed by atoms with Crippen LogP contribution < -0.4 is 20.7 Å². The van der Waals surface area contributed by atoms with Crippen molar-refractivity contribution < 1.29 is 19.4 Å². The molecule has 1 aliphatic heterocycles. The van der Waals surface area contributed by atoms with Crippen LogP contribution in [0.3, 0.4) is 0 Å². The van der Waals surface area contributed by atoms with Gasteiger partial charge in [-0.1, -0.05) is 43.3 Å². The Morgan fingerprint density at radius 3 is 2.69 bits per heavy atom. The molecule has 36 heavy (non-hydrogen) atoms. The molecule has 0 unspecified atom stereocenters. The topological polar surface area (TPSA) is 103 Å². The minimum absolute atomic E-state index is 0.0469. The molecule has 4 N–H and O–H groups in total. The van der Waals surface area contributed by atoms with E-state index in [2.05, 4.69) is 16.0 Å². The summed E-state index contributed by atoms with van der Waals surface area (Å²) in [5, 5.41) is 20.7. The van der Waals surface area contributed by atoms with Crippen LogP contribution in [0.1, 0.15) is 19.4 Å². The third-order valence-electron chi connectivity index (χ3n) is 6.62. The van der Waals surface area contributed by atoms with Gasteiger partial charge < -0.3 is 30.7 Å². The second-order valence-electron chi connectivity index (χ2n) is 9.37. The number of benzene rings is 3. The van der Waals surface area contributed by atoms with Gasteiger partial charge in [0.1, 0.15) is 11.9 Å². The quantitative estimate of drug-likeness (QED) is 0.420. The van der Waals surface area contributed by atoms with E-state index in [9.17, 15) is 14.7 Å². The van der Waals surface area contributed by atoms with Crippen LogP contribution in [0.2, 0.25) is 0 Å². The van der Waals surface area contributed by atoms with Gasteiger partial charge in [-0.15, -0.1) is 0 Å². The summed E-state index contributed by atoms with van der Waals surface area (Å²) < 4.78 is 6.35. The average Bonchev–Trinajstić information content (AvgIpc) is 2.92. The lowest BCUT2D eigenvalue weighted by Gasteiger charge is -2.32. The molecule has 0 spiro atoms. The number of ether oxygens (including phenoxy) is 1. The first-order valence-corrected chi connectivity index (χ1v) is 12.3. The number of aliphatic hydroxyl groups excluding tert-OH is 1. The van der Waals surface area contributed by atoms with Gasteiger partial charge >= 0.3 is 6.03 Å². The van der Waals surface area contributed by atoms with E-state index in [0.717, 1.165) is 10.8 Å². The first-order valence-electron chi connectivity index (χ1n) is 12.3. The van der Waals surface area contributed by atoms with E-state index in [-0.39, 0.29) is 43.0 Å². The molecule has 3 aromatic carbocycles. The van der Waals surface area contributed by atoms with Gasteiger partial charge in [0.25, 0.3) is 0 Å². The minimum atomic E-state index is -0.376. The molecule has 0 saturated heterocycles. The summed E-state index contributed by atoms with van der Waals surface area (Å²) in [6.07, 6.45) is -0.0550. The standard InChI is InChI=1S/C28H34N4O4/c1-18-16-32(19(2)17-33)27(34)14-21-13-22(11-12-25(21)36-26(18)15-29-3)30-28(35)31-24-10-6-8-20-7-4-5-9-23(20)24/h4-13,18-19,26,29,33H,14-17H2,1-3H3,(H2,30,31,35)/t18-,19+,26-/m0/s1. The maximum Gasteiger partial charge on any atom is 0.323 e. The Hall–Kier alpha value is -3.62. The predicted molar refractivity (Wildman–Crippen MR) is 143 cm³/mol. The SMILES string of the molecule is CNC[C@@H]1Oc2ccc(NC(=O)Nc3cccc4ccccc34)cc2CC(=O)N([C@H](C)CO)C[C@@H]1C. The fourth-order valence-corrected chi connectivity index (χ4v) is 4.57. The number of urea groups is 1. The summed E-state index contributed by atoms with van der Waals surface area (Å²) >= 11 is 0. The van der Waals surface area contributed by atoms with Crippen molar-refractivity contribution >= 4 is 34.1 Å². The number of carbonyl (C=O) groups excluding carboxylic acids is 2. The largest absolute Gasteiger partial charge is 0.488 e. The van der Waals surface area contributed by atoms with Gasteiger partial charge in [-0.3, -0.25) is 4.79 Å². The molecule has 0 fully saturated rings. The molecule has 8 heteroatoms. The van der Waals surface area contributed by atoms with Crippen LogP contribution in [0.4, 0.5) is 16.2 Å². The van der Waals surface area contributed by atoms with Gasteiger partial charge in [0.15, 0.2) is 0 Å². The molecule has 1 aliphatic rings. The normalized spacial score (nSPS) is 18.9. The van der Waals surface area contributed by atoms with Gasteiger partial charge in [-0.2, -0.15) is 0 Å². The van der Waals surface area contributed by atoms with Crippen LogP contribution in [0.5, 0.6) is 5.75 Å². The van der Waals surface area contributed by atoms with Gasteiger partial charge in [-0.25, -0.2) is 4.79 Å². The highest BCUT2D eigenvalue weighted by molar-refractivity contribution is 6.06. The van der Waals surface area contributed by atoms with Gasteiger partial charge in [-0.05, 0) is 43.6 Å². The summed E-state index contributed by atoms with van der Waals surface area (Å²) in [7, 11) is 1.87. The number of hydrogen-bond acceptors (Lipinski definition) is 5. The van der Waals surface area contributed by atoms with Crippen molar-refractivity contribution in [2.24, 2.45) is 5.92 Å². The Balaban J connectivity index is 1.57. The van der Waals surface area contributed by atoms with Gasteiger partial charge in [0.05, 0.1) is 24.8 Å². The zero-order chi connectivity index (χ0) is 25.7. The first-order chi connectivity index (χ1) is 17.4. The van der Waals surface area contributed by atoms with E-state index in [1.807, 2.05) is 63.4 Å². The number of nitrogens with zero attached hydrogens (tertiary/aromatic N) is 1. The molecular formula is C28H34N4O4. The van der Waals surface area contributed by atoms with Gasteiger partial charge in [0, 0.05) is 35.6 Å². The van der Waals surface area contributed by atoms with Crippen LogP contribution in [0.25, 0.3) is 10.8 Å². The molecule has 0 aromatic heterocycles. The first kappa shape index (κ1) is 25.5. The predicted octanol–water partition coefficient (Wildman–Crippen LogP) is 3.85. The number of rotatable bonds is 6. The highest BCUT2D eigenvalue weighted by Crippen LogP contribution is 2.29. The molecule has 0 radical (unpaired) electrons. The van der Waals surface area contributed by atoms with Crippen molar-refractivity contribution in [2.45, 2.75) is 32.4 Å². The van der Waals surface area contributed by atoms with E-state index in [0.29, 0.717) is 35.8 Å². The lowest BCUT2D eigenvalue weighted by atomic mass is 10.0. The number of nitrogens with one attached hydrogen (secondary N) is 3. The Labute approximate surface area is 211 Å². The number of fused-ring (bicyclic) bond motifs is 2. The van der Waals surface area contributed by atoms with E-state index in [4.69, 9.17) is 4.74 Å². The van der Waals surface area contributed by atoms with E-state index in [1.165, 1.54) is 0 Å². The molecule has 3 amide bonds. The molecule has 3 atom stereocenters. The van der Waals surface area contributed by atoms with Crippen LogP contribution in [-0.4, -0.2) is 60.8 Å². The fourth-order valence-electron chi connectivity index (χ4n) is 4.57. The maximum absolute atomic E-state index is 13.2. The van der Waals surface area contributed by atoms with Crippen LogP contribution in [0, 0.1) is 5.92 Å². The molecule has 3 aromatic rings. The summed E-state index contributed by atoms with van der Waals surface area (Å²) in [6.45, 7) is 4.87. The van der Waals surface area contributed by atoms with Crippen molar-refractivity contribution in [3.8, 4) is 5.75 Å². The number of aliphatic hydroxyl groups is 1. The maximum atomic E-state index is 13.2. The molecule has 1 heterocycles. The minimum Gasteiger partial charge on any atom is -0.488 e. The molecule has 0 saturated carbocycles. The second kappa shape index (κ2) is 11.4. The van der Waals surface area contributed by atoms with Gasteiger partial charge in [0.2, 0.25) is 5.91 Å². The van der Waals surface area contributed by atoms with Crippen molar-refractivity contribution in [1.29, 1.82) is 0 Å². The zero-order valence-corrected chi connectivity index (χ0v) is 21.0. The summed E-state index contributed by atoms with van der Waals surface area (Å²) in [5.41, 5.74) is 1.96. The number of hydrogen-bond donors (Lipinski definition) is 4. The third kappa shape index (κ3) is 5.78. The Bertz CT molecular complexity index is 1230. The second-order valence-corrected chi connectivity index (χ2v) is 9.37. The summed E-state index contributed by atoms with van der Waals surface area (Å²) in [6, 6.07) is 18.3. The highest BCUT2D eigenvalue weighted by Gasteiger charge is 2.30. The Kier molecular flexibility index (Phi) is 8.07. The molecule has 0 bridgehead atoms. The lowest BCUT2D eigenvalue weighted by molar-refractivity contribution is -0.134. The molecule has 4 rings (SSSR count). The van der Waals surface area contributed by atoms with Crippen molar-refractivity contribution in [3.05, 3.63) is 66.2 Å². The Morgan fingerprint density at radius 2 is 1.92 bits per heavy atom. The third-order valence-corrected chi connectivity index (χ3v) is 6.62. The Morgan fingerprint density at radius 1 is 1.14 bits per heavy atom. The van der Waals surface area contributed by atoms with Crippen molar-refractivity contribution in [1.82, 2.24) is 10.2 Å². The molecular weight excluding hydrogens is 456 g/mol. The van der Waals surface area contributed by atoms with E-state index in [1.54, 1.807) is 23.1 Å². The van der Waals surface area contributed by atoms with E-state index >= 15 is 0 Å². The molecule has 190 valence electrons. The number of amides is 3. The summed E-state index contributed by atoms with van der Waals surface area (Å²) in [4.78, 5) is 27.8. The smallest absolute Gasteiger partial charge is 0.323 e. The van der Waals surface area contributed by atoms with Crippen molar-refractivity contribution in [3.63, 3.8) is 0 Å². The molecule has 8 nitrogen and oxygen atoms in total.